The number of carbonyl (C=O) groups is 1. The van der Waals surface area contributed by atoms with Gasteiger partial charge in [0.2, 0.25) is 0 Å². The van der Waals surface area contributed by atoms with E-state index in [1.165, 1.54) is 26.3 Å². The van der Waals surface area contributed by atoms with Gasteiger partial charge in [-0.05, 0) is 37.6 Å². The lowest BCUT2D eigenvalue weighted by Crippen LogP contribution is -2.35. The Bertz CT molecular complexity index is 927. The van der Waals surface area contributed by atoms with Crippen molar-refractivity contribution in [3.63, 3.8) is 0 Å². The molecule has 0 radical (unpaired) electrons. The van der Waals surface area contributed by atoms with Crippen LogP contribution >= 0.6 is 11.3 Å². The van der Waals surface area contributed by atoms with E-state index < -0.39 is 10.0 Å². The zero-order chi connectivity index (χ0) is 20.3. The van der Waals surface area contributed by atoms with Crippen molar-refractivity contribution >= 4 is 32.4 Å². The Morgan fingerprint density at radius 2 is 1.89 bits per heavy atom. The molecule has 1 amide bonds. The van der Waals surface area contributed by atoms with Crippen LogP contribution in [-0.2, 0) is 14.9 Å². The summed E-state index contributed by atoms with van der Waals surface area (Å²) in [7, 11) is -1.12. The second kappa shape index (κ2) is 8.56. The predicted molar refractivity (Wildman–Crippen MR) is 108 cm³/mol. The van der Waals surface area contributed by atoms with Crippen molar-refractivity contribution in [3.8, 4) is 0 Å². The summed E-state index contributed by atoms with van der Waals surface area (Å²) in [4.78, 5) is 26.3. The lowest BCUT2D eigenvalue weighted by atomic mass is 10.2. The van der Waals surface area contributed by atoms with Gasteiger partial charge in [-0.25, -0.2) is 13.4 Å². The topological polar surface area (TPSA) is 83.0 Å². The van der Waals surface area contributed by atoms with E-state index in [1.807, 2.05) is 17.2 Å². The van der Waals surface area contributed by atoms with Gasteiger partial charge >= 0.3 is 0 Å². The van der Waals surface area contributed by atoms with E-state index in [0.29, 0.717) is 18.7 Å². The van der Waals surface area contributed by atoms with Crippen LogP contribution in [0.3, 0.4) is 0 Å². The summed E-state index contributed by atoms with van der Waals surface area (Å²) < 4.78 is 25.3. The average molecular weight is 425 g/mol. The quantitative estimate of drug-likeness (QED) is 0.683. The van der Waals surface area contributed by atoms with Gasteiger partial charge < -0.3 is 9.80 Å². The van der Waals surface area contributed by atoms with E-state index in [0.717, 1.165) is 34.8 Å². The molecular weight excluding hydrogens is 400 g/mol. The maximum absolute atomic E-state index is 12.9. The molecule has 2 heterocycles. The largest absolute Gasteiger partial charge is 0.346 e. The van der Waals surface area contributed by atoms with E-state index in [1.54, 1.807) is 23.5 Å². The van der Waals surface area contributed by atoms with Crippen molar-refractivity contribution in [1.82, 2.24) is 14.4 Å². The maximum Gasteiger partial charge on any atom is 0.264 e. The first-order chi connectivity index (χ1) is 13.3. The number of hydrogen-bond acceptors (Lipinski definition) is 7. The van der Waals surface area contributed by atoms with Crippen LogP contribution in [0.25, 0.3) is 0 Å². The van der Waals surface area contributed by atoms with Gasteiger partial charge in [0, 0.05) is 44.2 Å². The Morgan fingerprint density at radius 3 is 2.50 bits per heavy atom. The molecule has 0 unspecified atom stereocenters. The molecule has 152 valence electrons. The number of anilines is 1. The number of carbonyl (C=O) groups excluding carboxylic acids is 1. The van der Waals surface area contributed by atoms with E-state index in [9.17, 15) is 13.2 Å². The summed E-state index contributed by atoms with van der Waals surface area (Å²) in [6, 6.07) is 5.96. The van der Waals surface area contributed by atoms with Gasteiger partial charge in [0.25, 0.3) is 15.9 Å². The third-order valence-corrected chi connectivity index (χ3v) is 7.37. The van der Waals surface area contributed by atoms with Crippen LogP contribution in [-0.4, -0.2) is 69.0 Å². The van der Waals surface area contributed by atoms with Gasteiger partial charge in [-0.3, -0.25) is 9.63 Å². The number of amides is 1. The van der Waals surface area contributed by atoms with Crippen LogP contribution in [0.15, 0.2) is 34.5 Å². The summed E-state index contributed by atoms with van der Waals surface area (Å²) in [6.07, 6.45) is 0.857. The number of thiazole rings is 1. The first-order valence-corrected chi connectivity index (χ1v) is 11.2. The summed E-state index contributed by atoms with van der Waals surface area (Å²) in [5.41, 5.74) is 1.48. The van der Waals surface area contributed by atoms with Gasteiger partial charge in [-0.15, -0.1) is 11.3 Å². The molecule has 8 nitrogen and oxygen atoms in total. The van der Waals surface area contributed by atoms with Crippen LogP contribution in [0.4, 0.5) is 5.13 Å². The van der Waals surface area contributed by atoms with Gasteiger partial charge in [0.15, 0.2) is 5.13 Å². The monoisotopic (exact) mass is 424 g/mol. The number of aryl methyl sites for hydroxylation is 1. The summed E-state index contributed by atoms with van der Waals surface area (Å²) >= 11 is 1.62. The second-order valence-electron chi connectivity index (χ2n) is 6.53. The SMILES string of the molecule is CON(C)S(=O)(=O)c1ccc(C(=O)N2CCCN(c3nc(C)cs3)CC2)cc1. The first-order valence-electron chi connectivity index (χ1n) is 8.92. The molecule has 2 aromatic rings. The minimum atomic E-state index is -3.72. The van der Waals surface area contributed by atoms with Crippen molar-refractivity contribution in [1.29, 1.82) is 0 Å². The third-order valence-electron chi connectivity index (χ3n) is 4.66. The Morgan fingerprint density at radius 1 is 1.18 bits per heavy atom. The summed E-state index contributed by atoms with van der Waals surface area (Å²) in [6.45, 7) is 4.82. The van der Waals surface area contributed by atoms with Crippen molar-refractivity contribution in [2.45, 2.75) is 18.2 Å². The smallest absolute Gasteiger partial charge is 0.264 e. The van der Waals surface area contributed by atoms with Crippen LogP contribution in [0.2, 0.25) is 0 Å². The number of hydroxylamine groups is 1. The number of nitrogens with zero attached hydrogens (tertiary/aromatic N) is 4. The third kappa shape index (κ3) is 4.35. The lowest BCUT2D eigenvalue weighted by Gasteiger charge is -2.22. The molecule has 0 bridgehead atoms. The summed E-state index contributed by atoms with van der Waals surface area (Å²) in [5, 5.41) is 3.02. The molecule has 3 rings (SSSR count). The second-order valence-corrected chi connectivity index (χ2v) is 9.30. The van der Waals surface area contributed by atoms with Crippen LogP contribution < -0.4 is 4.90 Å². The molecule has 1 fully saturated rings. The lowest BCUT2D eigenvalue weighted by molar-refractivity contribution is -0.0258. The molecule has 1 saturated heterocycles. The first kappa shape index (κ1) is 20.7. The minimum absolute atomic E-state index is 0.0783. The van der Waals surface area contributed by atoms with Crippen LogP contribution in [0.5, 0.6) is 0 Å². The minimum Gasteiger partial charge on any atom is -0.346 e. The average Bonchev–Trinajstić information content (AvgIpc) is 2.98. The van der Waals surface area contributed by atoms with Crippen LogP contribution in [0.1, 0.15) is 22.5 Å². The van der Waals surface area contributed by atoms with Crippen molar-refractivity contribution in [2.24, 2.45) is 0 Å². The number of sulfonamides is 1. The number of aromatic nitrogens is 1. The molecular formula is C18H24N4O4S2. The Kier molecular flexibility index (Phi) is 6.33. The maximum atomic E-state index is 12.9. The molecule has 0 spiro atoms. The highest BCUT2D eigenvalue weighted by Gasteiger charge is 2.24. The van der Waals surface area contributed by atoms with Gasteiger partial charge in [-0.2, -0.15) is 0 Å². The normalized spacial score (nSPS) is 15.7. The highest BCUT2D eigenvalue weighted by atomic mass is 32.2. The molecule has 1 aliphatic heterocycles. The van der Waals surface area contributed by atoms with E-state index in [4.69, 9.17) is 4.84 Å². The highest BCUT2D eigenvalue weighted by Crippen LogP contribution is 2.22. The standard InChI is InChI=1S/C18H24N4O4S2/c1-14-13-27-18(19-14)22-10-4-9-21(11-12-22)17(23)15-5-7-16(8-6-15)28(24,25)20(2)26-3/h5-8,13H,4,9-12H2,1-3H3. The predicted octanol–water partition coefficient (Wildman–Crippen LogP) is 1.99. The van der Waals surface area contributed by atoms with E-state index in [-0.39, 0.29) is 10.8 Å². The Labute approximate surface area is 169 Å². The Hall–Kier alpha value is -2.01. The molecule has 0 saturated carbocycles. The molecule has 10 heteroatoms. The summed E-state index contributed by atoms with van der Waals surface area (Å²) in [5.74, 6) is -0.0961. The molecule has 0 aliphatic carbocycles. The van der Waals surface area contributed by atoms with Gasteiger partial charge in [0.05, 0.1) is 17.7 Å². The fourth-order valence-corrected chi connectivity index (χ4v) is 4.83. The molecule has 1 aromatic carbocycles. The molecule has 1 aliphatic rings. The van der Waals surface area contributed by atoms with Gasteiger partial charge in [-0.1, -0.05) is 4.47 Å². The molecule has 28 heavy (non-hydrogen) atoms. The van der Waals surface area contributed by atoms with Crippen LogP contribution in [0, 0.1) is 6.92 Å². The molecule has 0 N–H and O–H groups in total. The number of benzene rings is 1. The Balaban J connectivity index is 1.68. The zero-order valence-corrected chi connectivity index (χ0v) is 17.8. The number of hydrogen-bond donors (Lipinski definition) is 0. The van der Waals surface area contributed by atoms with E-state index >= 15 is 0 Å². The molecule has 1 aromatic heterocycles. The van der Waals surface area contributed by atoms with Crippen molar-refractivity contribution < 1.29 is 18.0 Å². The van der Waals surface area contributed by atoms with Crippen molar-refractivity contribution in [3.05, 3.63) is 40.9 Å². The fraction of sp³-hybridized carbons (Fsp3) is 0.444. The van der Waals surface area contributed by atoms with Crippen molar-refractivity contribution in [2.75, 3.05) is 45.2 Å². The zero-order valence-electron chi connectivity index (χ0n) is 16.2. The fourth-order valence-electron chi connectivity index (χ4n) is 3.00. The highest BCUT2D eigenvalue weighted by molar-refractivity contribution is 7.89. The molecule has 0 atom stereocenters. The number of rotatable bonds is 5. The van der Waals surface area contributed by atoms with Gasteiger partial charge in [0.1, 0.15) is 0 Å². The van der Waals surface area contributed by atoms with E-state index in [2.05, 4.69) is 9.88 Å².